The minimum Gasteiger partial charge on any atom is -0.343 e. The van der Waals surface area contributed by atoms with Crippen molar-refractivity contribution >= 4 is 16.9 Å². The monoisotopic (exact) mass is 330 g/mol. The van der Waals surface area contributed by atoms with E-state index in [1.165, 1.54) is 0 Å². The van der Waals surface area contributed by atoms with Gasteiger partial charge >= 0.3 is 5.69 Å². The number of aromatic amines is 2. The van der Waals surface area contributed by atoms with Crippen molar-refractivity contribution in [1.29, 1.82) is 0 Å². The number of hydrogen-bond acceptors (Lipinski definition) is 3. The molecule has 2 heterocycles. The molecule has 1 aliphatic rings. The number of nitrogens with one attached hydrogen (secondary N) is 2. The number of carbonyl (C=O) groups excluding carboxylic acids is 1. The van der Waals surface area contributed by atoms with Gasteiger partial charge in [-0.25, -0.2) is 4.79 Å². The maximum absolute atomic E-state index is 12.3. The highest BCUT2D eigenvalue weighted by atomic mass is 16.2. The van der Waals surface area contributed by atoms with Crippen LogP contribution in [0.3, 0.4) is 0 Å². The summed E-state index contributed by atoms with van der Waals surface area (Å²) in [5.41, 5.74) is 8.54. The first-order valence-electron chi connectivity index (χ1n) is 8.77. The Kier molecular flexibility index (Phi) is 5.04. The molecule has 1 atom stereocenters. The van der Waals surface area contributed by atoms with E-state index in [9.17, 15) is 9.59 Å². The number of hydrogen-bond donors (Lipinski definition) is 3. The van der Waals surface area contributed by atoms with Crippen molar-refractivity contribution in [2.24, 2.45) is 11.7 Å². The van der Waals surface area contributed by atoms with Gasteiger partial charge in [0.25, 0.3) is 0 Å². The van der Waals surface area contributed by atoms with Crippen LogP contribution in [0.2, 0.25) is 0 Å². The number of likely N-dealkylation sites (tertiary alicyclic amines) is 1. The Morgan fingerprint density at radius 3 is 2.71 bits per heavy atom. The number of aromatic nitrogens is 2. The molecule has 24 heavy (non-hydrogen) atoms. The highest BCUT2D eigenvalue weighted by Crippen LogP contribution is 2.20. The van der Waals surface area contributed by atoms with Crippen LogP contribution in [0.5, 0.6) is 0 Å². The van der Waals surface area contributed by atoms with Crippen molar-refractivity contribution < 1.29 is 4.79 Å². The topological polar surface area (TPSA) is 95.0 Å². The molecular formula is C18H26N4O2. The Morgan fingerprint density at radius 2 is 2.00 bits per heavy atom. The van der Waals surface area contributed by atoms with Gasteiger partial charge in [0.2, 0.25) is 5.91 Å². The quantitative estimate of drug-likeness (QED) is 0.779. The van der Waals surface area contributed by atoms with Gasteiger partial charge in [0, 0.05) is 25.6 Å². The molecule has 130 valence electrons. The molecule has 1 aromatic carbocycles. The molecule has 1 aromatic heterocycles. The van der Waals surface area contributed by atoms with Gasteiger partial charge in [0.15, 0.2) is 0 Å². The molecule has 3 rings (SSSR count). The van der Waals surface area contributed by atoms with Gasteiger partial charge in [-0.05, 0) is 56.2 Å². The van der Waals surface area contributed by atoms with Gasteiger partial charge in [0.05, 0.1) is 11.0 Å². The standard InChI is InChI=1S/C18H26N4O2/c1-12(19)14-7-9-22(10-8-14)17(23)4-2-3-13-5-6-15-16(11-13)21-18(24)20-15/h5-6,11-12,14H,2-4,7-10,19H2,1H3,(H2,20,21,24). The highest BCUT2D eigenvalue weighted by molar-refractivity contribution is 5.76. The van der Waals surface area contributed by atoms with Crippen molar-refractivity contribution in [3.8, 4) is 0 Å². The predicted octanol–water partition coefficient (Wildman–Crippen LogP) is 1.76. The first kappa shape index (κ1) is 16.8. The summed E-state index contributed by atoms with van der Waals surface area (Å²) in [4.78, 5) is 31.1. The van der Waals surface area contributed by atoms with Crippen LogP contribution < -0.4 is 11.4 Å². The van der Waals surface area contributed by atoms with Gasteiger partial charge in [0.1, 0.15) is 0 Å². The Hall–Kier alpha value is -2.08. The third-order valence-electron chi connectivity index (χ3n) is 5.07. The van der Waals surface area contributed by atoms with Crippen molar-refractivity contribution in [1.82, 2.24) is 14.9 Å². The molecule has 0 bridgehead atoms. The number of fused-ring (bicyclic) bond motifs is 1. The summed E-state index contributed by atoms with van der Waals surface area (Å²) in [6, 6.07) is 6.11. The Morgan fingerprint density at radius 1 is 1.29 bits per heavy atom. The molecule has 0 radical (unpaired) electrons. The first-order valence-corrected chi connectivity index (χ1v) is 8.77. The van der Waals surface area contributed by atoms with E-state index in [1.54, 1.807) is 0 Å². The van der Waals surface area contributed by atoms with E-state index in [2.05, 4.69) is 16.9 Å². The summed E-state index contributed by atoms with van der Waals surface area (Å²) >= 11 is 0. The second-order valence-electron chi connectivity index (χ2n) is 6.89. The predicted molar refractivity (Wildman–Crippen MR) is 94.8 cm³/mol. The molecule has 1 saturated heterocycles. The van der Waals surface area contributed by atoms with Crippen molar-refractivity contribution in [3.05, 3.63) is 34.2 Å². The number of aryl methyl sites for hydroxylation is 1. The molecule has 1 fully saturated rings. The second kappa shape index (κ2) is 7.21. The van der Waals surface area contributed by atoms with Gasteiger partial charge in [-0.3, -0.25) is 4.79 Å². The average molecular weight is 330 g/mol. The first-order chi connectivity index (χ1) is 11.5. The number of nitrogens with zero attached hydrogens (tertiary/aromatic N) is 1. The average Bonchev–Trinajstić information content (AvgIpc) is 2.94. The SMILES string of the molecule is CC(N)C1CCN(C(=O)CCCc2ccc3[nH]c(=O)[nH]c3c2)CC1. The van der Waals surface area contributed by atoms with E-state index in [0.717, 1.165) is 55.4 Å². The highest BCUT2D eigenvalue weighted by Gasteiger charge is 2.24. The molecule has 0 saturated carbocycles. The smallest absolute Gasteiger partial charge is 0.323 e. The number of H-pyrrole nitrogens is 2. The molecular weight excluding hydrogens is 304 g/mol. The van der Waals surface area contributed by atoms with E-state index in [0.29, 0.717) is 12.3 Å². The molecule has 6 heteroatoms. The third-order valence-corrected chi connectivity index (χ3v) is 5.07. The van der Waals surface area contributed by atoms with Crippen LogP contribution in [0, 0.1) is 5.92 Å². The number of nitrogens with two attached hydrogens (primary N) is 1. The summed E-state index contributed by atoms with van der Waals surface area (Å²) in [5, 5.41) is 0. The van der Waals surface area contributed by atoms with Crippen LogP contribution in [0.25, 0.3) is 11.0 Å². The van der Waals surface area contributed by atoms with Gasteiger partial charge in [-0.15, -0.1) is 0 Å². The zero-order chi connectivity index (χ0) is 17.1. The summed E-state index contributed by atoms with van der Waals surface area (Å²) in [6.45, 7) is 3.72. The Balaban J connectivity index is 1.47. The number of amides is 1. The fourth-order valence-corrected chi connectivity index (χ4v) is 3.51. The number of imidazole rings is 1. The van der Waals surface area contributed by atoms with Gasteiger partial charge < -0.3 is 20.6 Å². The third kappa shape index (κ3) is 3.87. The van der Waals surface area contributed by atoms with Crippen molar-refractivity contribution in [3.63, 3.8) is 0 Å². The molecule has 1 aliphatic heterocycles. The van der Waals surface area contributed by atoms with Crippen LogP contribution in [0.15, 0.2) is 23.0 Å². The van der Waals surface area contributed by atoms with Crippen LogP contribution in [0.1, 0.15) is 38.2 Å². The van der Waals surface area contributed by atoms with Gasteiger partial charge in [-0.2, -0.15) is 0 Å². The maximum Gasteiger partial charge on any atom is 0.323 e. The van der Waals surface area contributed by atoms with Crippen LogP contribution in [-0.2, 0) is 11.2 Å². The molecule has 0 aliphatic carbocycles. The van der Waals surface area contributed by atoms with Crippen LogP contribution in [0.4, 0.5) is 0 Å². The lowest BCUT2D eigenvalue weighted by atomic mass is 9.91. The Bertz CT molecular complexity index is 754. The van der Waals surface area contributed by atoms with Crippen molar-refractivity contribution in [2.45, 2.75) is 45.1 Å². The number of piperidine rings is 1. The zero-order valence-electron chi connectivity index (χ0n) is 14.2. The fraction of sp³-hybridized carbons (Fsp3) is 0.556. The van der Waals surface area contributed by atoms with Gasteiger partial charge in [-0.1, -0.05) is 6.07 Å². The zero-order valence-corrected chi connectivity index (χ0v) is 14.2. The number of carbonyl (C=O) groups is 1. The summed E-state index contributed by atoms with van der Waals surface area (Å²) in [5.74, 6) is 0.790. The minimum atomic E-state index is -0.187. The maximum atomic E-state index is 12.3. The molecule has 6 nitrogen and oxygen atoms in total. The molecule has 1 unspecified atom stereocenters. The fourth-order valence-electron chi connectivity index (χ4n) is 3.51. The van der Waals surface area contributed by atoms with E-state index < -0.39 is 0 Å². The number of rotatable bonds is 5. The number of benzene rings is 1. The molecule has 0 spiro atoms. The van der Waals surface area contributed by atoms with E-state index >= 15 is 0 Å². The molecule has 2 aromatic rings. The van der Waals surface area contributed by atoms with Crippen molar-refractivity contribution in [2.75, 3.05) is 13.1 Å². The second-order valence-corrected chi connectivity index (χ2v) is 6.89. The summed E-state index contributed by atoms with van der Waals surface area (Å²) in [7, 11) is 0. The molecule has 1 amide bonds. The lowest BCUT2D eigenvalue weighted by Gasteiger charge is -2.33. The van der Waals surface area contributed by atoms with E-state index in [1.807, 2.05) is 23.1 Å². The van der Waals surface area contributed by atoms with E-state index in [-0.39, 0.29) is 17.6 Å². The Labute approximate surface area is 141 Å². The normalized spacial score (nSPS) is 17.3. The lowest BCUT2D eigenvalue weighted by molar-refractivity contribution is -0.132. The largest absolute Gasteiger partial charge is 0.343 e. The van der Waals surface area contributed by atoms with Crippen LogP contribution >= 0.6 is 0 Å². The molecule has 4 N–H and O–H groups in total. The summed E-state index contributed by atoms with van der Waals surface area (Å²) in [6.07, 6.45) is 4.27. The minimum absolute atomic E-state index is 0.187. The van der Waals surface area contributed by atoms with E-state index in [4.69, 9.17) is 5.73 Å². The lowest BCUT2D eigenvalue weighted by Crippen LogP contribution is -2.42. The van der Waals surface area contributed by atoms with Crippen LogP contribution in [-0.4, -0.2) is 39.9 Å². The summed E-state index contributed by atoms with van der Waals surface area (Å²) < 4.78 is 0.